The predicted molar refractivity (Wildman–Crippen MR) is 106 cm³/mol. The third kappa shape index (κ3) is 8.17. The molecule has 12 nitrogen and oxygen atoms in total. The van der Waals surface area contributed by atoms with Crippen LogP contribution in [0.4, 0.5) is 0 Å². The molecule has 1 aromatic rings. The Morgan fingerprint density at radius 1 is 1.07 bits per heavy atom. The van der Waals surface area contributed by atoms with Gasteiger partial charge in [0.2, 0.25) is 17.7 Å². The molecular formula is C18H30N6O6. The minimum Gasteiger partial charge on any atom is -0.480 e. The fraction of sp³-hybridized carbons (Fsp3) is 0.611. The summed E-state index contributed by atoms with van der Waals surface area (Å²) in [4.78, 5) is 54.7. The first-order valence-corrected chi connectivity index (χ1v) is 9.52. The van der Waals surface area contributed by atoms with Crippen LogP contribution in [0.3, 0.4) is 0 Å². The predicted octanol–water partition coefficient (Wildman–Crippen LogP) is -2.12. The standard InChI is InChI=1S/C18H30N6O6/c1-9(2)4-13(23-16(27)12(19)5-11-6-20-8-21-11)17(28)22-10(3)15(26)24-14(7-25)18(29)30/h6,8-10,12-14,25H,4-5,7,19H2,1-3H3,(H,20,21)(H,22,28)(H,23,27)(H,24,26)(H,29,30). The molecule has 4 atom stereocenters. The average molecular weight is 426 g/mol. The van der Waals surface area contributed by atoms with Crippen LogP contribution in [0.15, 0.2) is 12.5 Å². The Morgan fingerprint density at radius 3 is 2.20 bits per heavy atom. The molecule has 3 amide bonds. The van der Waals surface area contributed by atoms with Gasteiger partial charge in [-0.3, -0.25) is 14.4 Å². The normalized spacial score (nSPS) is 15.0. The molecule has 1 heterocycles. The number of rotatable bonds is 12. The van der Waals surface area contributed by atoms with Gasteiger partial charge in [0.25, 0.3) is 0 Å². The molecule has 0 aromatic carbocycles. The quantitative estimate of drug-likeness (QED) is 0.196. The van der Waals surface area contributed by atoms with Gasteiger partial charge in [-0.2, -0.15) is 0 Å². The monoisotopic (exact) mass is 426 g/mol. The first kappa shape index (κ1) is 25.0. The maximum Gasteiger partial charge on any atom is 0.328 e. The second-order valence-electron chi connectivity index (χ2n) is 7.39. The first-order chi connectivity index (χ1) is 14.0. The van der Waals surface area contributed by atoms with E-state index in [1.807, 2.05) is 13.8 Å². The van der Waals surface area contributed by atoms with Crippen LogP contribution < -0.4 is 21.7 Å². The fourth-order valence-corrected chi connectivity index (χ4v) is 2.57. The number of amides is 3. The van der Waals surface area contributed by atoms with Crippen LogP contribution in [0.2, 0.25) is 0 Å². The third-order valence-electron chi connectivity index (χ3n) is 4.22. The van der Waals surface area contributed by atoms with E-state index in [0.717, 1.165) is 0 Å². The topological polar surface area (TPSA) is 200 Å². The summed E-state index contributed by atoms with van der Waals surface area (Å²) in [5.41, 5.74) is 6.57. The van der Waals surface area contributed by atoms with Crippen molar-refractivity contribution in [1.82, 2.24) is 25.9 Å². The number of carbonyl (C=O) groups excluding carboxylic acids is 3. The van der Waals surface area contributed by atoms with E-state index >= 15 is 0 Å². The highest BCUT2D eigenvalue weighted by Crippen LogP contribution is 2.07. The number of hydrogen-bond donors (Lipinski definition) is 7. The Labute approximate surface area is 174 Å². The summed E-state index contributed by atoms with van der Waals surface area (Å²) >= 11 is 0. The average Bonchev–Trinajstić information content (AvgIpc) is 3.17. The first-order valence-electron chi connectivity index (χ1n) is 9.52. The van der Waals surface area contributed by atoms with Crippen molar-refractivity contribution in [3.63, 3.8) is 0 Å². The number of imidazole rings is 1. The minimum atomic E-state index is -1.48. The van der Waals surface area contributed by atoms with Crippen LogP contribution in [0.1, 0.15) is 32.9 Å². The molecular weight excluding hydrogens is 396 g/mol. The van der Waals surface area contributed by atoms with Gasteiger partial charge in [0, 0.05) is 18.3 Å². The van der Waals surface area contributed by atoms with Crippen molar-refractivity contribution in [2.24, 2.45) is 11.7 Å². The molecule has 0 spiro atoms. The molecule has 0 saturated carbocycles. The number of hydrogen-bond acceptors (Lipinski definition) is 7. The second-order valence-corrected chi connectivity index (χ2v) is 7.39. The molecule has 0 saturated heterocycles. The van der Waals surface area contributed by atoms with Crippen LogP contribution in [0.25, 0.3) is 0 Å². The van der Waals surface area contributed by atoms with Crippen LogP contribution in [0.5, 0.6) is 0 Å². The van der Waals surface area contributed by atoms with Crippen molar-refractivity contribution in [2.45, 2.75) is 57.8 Å². The number of carboxylic acids is 1. The second kappa shape index (κ2) is 11.9. The number of nitrogens with zero attached hydrogens (tertiary/aromatic N) is 1. The number of aliphatic hydroxyl groups is 1. The number of carbonyl (C=O) groups is 4. The highest BCUT2D eigenvalue weighted by molar-refractivity contribution is 5.93. The van der Waals surface area contributed by atoms with Gasteiger partial charge in [-0.25, -0.2) is 9.78 Å². The molecule has 0 aliphatic rings. The molecule has 0 bridgehead atoms. The Morgan fingerprint density at radius 2 is 1.70 bits per heavy atom. The summed E-state index contributed by atoms with van der Waals surface area (Å²) in [6.45, 7) is 4.31. The summed E-state index contributed by atoms with van der Waals surface area (Å²) in [6.07, 6.45) is 3.52. The number of carboxylic acid groups (broad SMARTS) is 1. The van der Waals surface area contributed by atoms with E-state index in [2.05, 4.69) is 25.9 Å². The molecule has 12 heteroatoms. The van der Waals surface area contributed by atoms with Crippen LogP contribution in [-0.2, 0) is 25.6 Å². The number of aliphatic carboxylic acids is 1. The Bertz CT molecular complexity index is 723. The van der Waals surface area contributed by atoms with Gasteiger partial charge in [-0.1, -0.05) is 13.8 Å². The Balaban J connectivity index is 2.72. The van der Waals surface area contributed by atoms with Gasteiger partial charge in [-0.15, -0.1) is 0 Å². The minimum absolute atomic E-state index is 0.0554. The van der Waals surface area contributed by atoms with E-state index in [1.165, 1.54) is 13.3 Å². The number of nitrogens with one attached hydrogen (secondary N) is 4. The zero-order valence-electron chi connectivity index (χ0n) is 17.2. The van der Waals surface area contributed by atoms with Crippen LogP contribution >= 0.6 is 0 Å². The van der Waals surface area contributed by atoms with Crippen molar-refractivity contribution in [3.8, 4) is 0 Å². The van der Waals surface area contributed by atoms with Crippen molar-refractivity contribution in [3.05, 3.63) is 18.2 Å². The molecule has 168 valence electrons. The summed E-state index contributed by atoms with van der Waals surface area (Å²) in [7, 11) is 0. The van der Waals surface area contributed by atoms with Crippen molar-refractivity contribution >= 4 is 23.7 Å². The molecule has 1 rings (SSSR count). The lowest BCUT2D eigenvalue weighted by Gasteiger charge is -2.24. The lowest BCUT2D eigenvalue weighted by molar-refractivity contribution is -0.143. The maximum atomic E-state index is 12.6. The molecule has 0 fully saturated rings. The highest BCUT2D eigenvalue weighted by Gasteiger charge is 2.28. The van der Waals surface area contributed by atoms with E-state index in [9.17, 15) is 19.2 Å². The molecule has 0 radical (unpaired) electrons. The number of H-pyrrole nitrogens is 1. The van der Waals surface area contributed by atoms with Gasteiger partial charge in [0.1, 0.15) is 18.1 Å². The Kier molecular flexibility index (Phi) is 9.92. The third-order valence-corrected chi connectivity index (χ3v) is 4.22. The summed E-state index contributed by atoms with van der Waals surface area (Å²) in [5.74, 6) is -3.27. The molecule has 30 heavy (non-hydrogen) atoms. The number of aliphatic hydroxyl groups excluding tert-OH is 1. The summed E-state index contributed by atoms with van der Waals surface area (Å²) < 4.78 is 0. The molecule has 0 aliphatic carbocycles. The van der Waals surface area contributed by atoms with Gasteiger partial charge < -0.3 is 36.9 Å². The number of aromatic nitrogens is 2. The van der Waals surface area contributed by atoms with Gasteiger partial charge in [-0.05, 0) is 19.3 Å². The van der Waals surface area contributed by atoms with E-state index in [0.29, 0.717) is 12.1 Å². The lowest BCUT2D eigenvalue weighted by Crippen LogP contribution is -2.57. The van der Waals surface area contributed by atoms with Crippen LogP contribution in [0, 0.1) is 5.92 Å². The maximum absolute atomic E-state index is 12.6. The summed E-state index contributed by atoms with van der Waals surface area (Å²) in [6, 6.07) is -4.41. The van der Waals surface area contributed by atoms with Crippen molar-refractivity contribution in [2.75, 3.05) is 6.61 Å². The highest BCUT2D eigenvalue weighted by atomic mass is 16.4. The zero-order chi connectivity index (χ0) is 22.8. The zero-order valence-corrected chi connectivity index (χ0v) is 17.2. The van der Waals surface area contributed by atoms with E-state index in [4.69, 9.17) is 15.9 Å². The van der Waals surface area contributed by atoms with Crippen molar-refractivity contribution in [1.29, 1.82) is 0 Å². The largest absolute Gasteiger partial charge is 0.480 e. The molecule has 8 N–H and O–H groups in total. The molecule has 1 aromatic heterocycles. The molecule has 4 unspecified atom stereocenters. The SMILES string of the molecule is CC(C)CC(NC(=O)C(N)Cc1cnc[nH]1)C(=O)NC(C)C(=O)NC(CO)C(=O)O. The van der Waals surface area contributed by atoms with Gasteiger partial charge >= 0.3 is 5.97 Å². The lowest BCUT2D eigenvalue weighted by atomic mass is 10.0. The molecule has 0 aliphatic heterocycles. The van der Waals surface area contributed by atoms with E-state index < -0.39 is 54.5 Å². The smallest absolute Gasteiger partial charge is 0.328 e. The fourth-order valence-electron chi connectivity index (χ4n) is 2.57. The Hall–Kier alpha value is -2.99. The van der Waals surface area contributed by atoms with E-state index in [1.54, 1.807) is 6.20 Å². The van der Waals surface area contributed by atoms with Gasteiger partial charge in [0.15, 0.2) is 0 Å². The van der Waals surface area contributed by atoms with Gasteiger partial charge in [0.05, 0.1) is 19.0 Å². The van der Waals surface area contributed by atoms with Crippen molar-refractivity contribution < 1.29 is 29.4 Å². The van der Waals surface area contributed by atoms with E-state index in [-0.39, 0.29) is 12.3 Å². The van der Waals surface area contributed by atoms with Crippen LogP contribution in [-0.4, -0.2) is 74.6 Å². The number of nitrogens with two attached hydrogens (primary N) is 1. The summed E-state index contributed by atoms with van der Waals surface area (Å²) in [5, 5.41) is 25.0. The number of aromatic amines is 1.